The maximum absolute atomic E-state index is 12.8. The van der Waals surface area contributed by atoms with Gasteiger partial charge in [0.1, 0.15) is 18.2 Å². The summed E-state index contributed by atoms with van der Waals surface area (Å²) in [6, 6.07) is 22.7. The van der Waals surface area contributed by atoms with Gasteiger partial charge in [-0.1, -0.05) is 30.3 Å². The number of anilines is 1. The van der Waals surface area contributed by atoms with Crippen LogP contribution in [0.5, 0.6) is 5.75 Å². The van der Waals surface area contributed by atoms with Gasteiger partial charge in [0.2, 0.25) is 0 Å². The number of nitriles is 1. The molecule has 6 nitrogen and oxygen atoms in total. The number of carbonyl (C=O) groups is 1. The maximum Gasteiger partial charge on any atom is 0.251 e. The van der Waals surface area contributed by atoms with E-state index in [2.05, 4.69) is 21.3 Å². The number of ether oxygens (including phenoxy) is 1. The van der Waals surface area contributed by atoms with Crippen molar-refractivity contribution >= 4 is 11.7 Å². The van der Waals surface area contributed by atoms with Crippen molar-refractivity contribution in [3.63, 3.8) is 0 Å². The molecule has 3 aromatic rings. The van der Waals surface area contributed by atoms with Crippen molar-refractivity contribution in [2.75, 3.05) is 18.0 Å². The van der Waals surface area contributed by atoms with Crippen molar-refractivity contribution < 1.29 is 9.53 Å². The molecule has 1 aromatic heterocycles. The molecule has 0 bridgehead atoms. The van der Waals surface area contributed by atoms with Gasteiger partial charge >= 0.3 is 0 Å². The minimum absolute atomic E-state index is 0.0980. The zero-order chi connectivity index (χ0) is 21.5. The Balaban J connectivity index is 1.32. The number of aromatic nitrogens is 1. The zero-order valence-corrected chi connectivity index (χ0v) is 17.2. The Kier molecular flexibility index (Phi) is 6.44. The van der Waals surface area contributed by atoms with Gasteiger partial charge in [0.05, 0.1) is 11.6 Å². The Morgan fingerprint density at radius 3 is 2.68 bits per heavy atom. The summed E-state index contributed by atoms with van der Waals surface area (Å²) in [7, 11) is 0. The van der Waals surface area contributed by atoms with E-state index in [1.807, 2.05) is 48.5 Å². The molecule has 1 fully saturated rings. The molecule has 1 amide bonds. The molecule has 1 N–H and O–H groups in total. The highest BCUT2D eigenvalue weighted by Gasteiger charge is 2.22. The lowest BCUT2D eigenvalue weighted by Gasteiger charge is -2.33. The minimum Gasteiger partial charge on any atom is -0.489 e. The second kappa shape index (κ2) is 9.77. The molecule has 0 aliphatic carbocycles. The van der Waals surface area contributed by atoms with Gasteiger partial charge in [-0.15, -0.1) is 0 Å². The van der Waals surface area contributed by atoms with E-state index in [-0.39, 0.29) is 18.6 Å². The van der Waals surface area contributed by atoms with Crippen molar-refractivity contribution in [2.24, 2.45) is 0 Å². The van der Waals surface area contributed by atoms with Gasteiger partial charge in [-0.25, -0.2) is 4.98 Å². The molecule has 1 aliphatic heterocycles. The summed E-state index contributed by atoms with van der Waals surface area (Å²) in [5.74, 6) is 1.49. The summed E-state index contributed by atoms with van der Waals surface area (Å²) in [5, 5.41) is 12.3. The fraction of sp³-hybridized carbons (Fsp3) is 0.240. The number of hydrogen-bond acceptors (Lipinski definition) is 5. The number of hydrogen-bond donors (Lipinski definition) is 1. The number of carbonyl (C=O) groups excluding carboxylic acids is 1. The monoisotopic (exact) mass is 412 g/mol. The molecule has 6 heteroatoms. The lowest BCUT2D eigenvalue weighted by molar-refractivity contribution is 0.0930. The third-order valence-corrected chi connectivity index (χ3v) is 5.43. The van der Waals surface area contributed by atoms with Crippen LogP contribution in [0, 0.1) is 11.3 Å². The first-order chi connectivity index (χ1) is 15.2. The Bertz CT molecular complexity index is 1070. The third-order valence-electron chi connectivity index (χ3n) is 5.43. The van der Waals surface area contributed by atoms with Gasteiger partial charge in [-0.05, 0) is 49.2 Å². The standard InChI is InChI=1S/C25H24N4O2/c26-17-20-6-1-2-7-21(20)18-31-23-9-5-8-19(16-23)25(30)28-22-11-14-29(15-12-22)24-10-3-4-13-27-24/h1-10,13,16,22H,11-12,14-15,18H2,(H,28,30). The van der Waals surface area contributed by atoms with Crippen LogP contribution in [0.25, 0.3) is 0 Å². The molecule has 2 heterocycles. The van der Waals surface area contributed by atoms with Crippen LogP contribution in [0.15, 0.2) is 72.9 Å². The number of benzene rings is 2. The lowest BCUT2D eigenvalue weighted by atomic mass is 10.0. The Morgan fingerprint density at radius 1 is 1.10 bits per heavy atom. The van der Waals surface area contributed by atoms with Crippen LogP contribution in [0.1, 0.15) is 34.3 Å². The number of amides is 1. The Labute approximate surface area is 182 Å². The molecule has 0 unspecified atom stereocenters. The van der Waals surface area contributed by atoms with E-state index in [9.17, 15) is 10.1 Å². The molecule has 0 atom stereocenters. The van der Waals surface area contributed by atoms with Crippen molar-refractivity contribution in [1.29, 1.82) is 5.26 Å². The van der Waals surface area contributed by atoms with E-state index >= 15 is 0 Å². The highest BCUT2D eigenvalue weighted by atomic mass is 16.5. The summed E-state index contributed by atoms with van der Waals surface area (Å²) >= 11 is 0. The number of rotatable bonds is 6. The molecule has 1 aliphatic rings. The second-order valence-corrected chi connectivity index (χ2v) is 7.51. The third kappa shape index (κ3) is 5.20. The largest absolute Gasteiger partial charge is 0.489 e. The van der Waals surface area contributed by atoms with Gasteiger partial charge in [0.15, 0.2) is 0 Å². The summed E-state index contributed by atoms with van der Waals surface area (Å²) < 4.78 is 5.83. The van der Waals surface area contributed by atoms with Crippen LogP contribution in [0.3, 0.4) is 0 Å². The van der Waals surface area contributed by atoms with Crippen molar-refractivity contribution in [3.8, 4) is 11.8 Å². The first-order valence-corrected chi connectivity index (χ1v) is 10.4. The molecule has 2 aromatic carbocycles. The van der Waals surface area contributed by atoms with Crippen LogP contribution >= 0.6 is 0 Å². The average molecular weight is 412 g/mol. The zero-order valence-electron chi connectivity index (χ0n) is 17.2. The smallest absolute Gasteiger partial charge is 0.251 e. The SMILES string of the molecule is N#Cc1ccccc1COc1cccc(C(=O)NC2CCN(c3ccccn3)CC2)c1. The molecular weight excluding hydrogens is 388 g/mol. The summed E-state index contributed by atoms with van der Waals surface area (Å²) in [6.45, 7) is 2.01. The van der Waals surface area contributed by atoms with Crippen molar-refractivity contribution in [3.05, 3.63) is 89.6 Å². The van der Waals surface area contributed by atoms with E-state index in [0.717, 1.165) is 37.3 Å². The van der Waals surface area contributed by atoms with Gasteiger partial charge in [-0.3, -0.25) is 4.79 Å². The number of piperidine rings is 1. The van der Waals surface area contributed by atoms with Crippen molar-refractivity contribution in [1.82, 2.24) is 10.3 Å². The number of nitrogens with zero attached hydrogens (tertiary/aromatic N) is 3. The highest BCUT2D eigenvalue weighted by molar-refractivity contribution is 5.94. The van der Waals surface area contributed by atoms with Crippen LogP contribution in [-0.2, 0) is 6.61 Å². The van der Waals surface area contributed by atoms with Gasteiger partial charge in [0.25, 0.3) is 5.91 Å². The van der Waals surface area contributed by atoms with Crippen LogP contribution < -0.4 is 15.0 Å². The summed E-state index contributed by atoms with van der Waals surface area (Å²) in [5.41, 5.74) is 1.98. The summed E-state index contributed by atoms with van der Waals surface area (Å²) in [4.78, 5) is 19.4. The molecular formula is C25H24N4O2. The van der Waals surface area contributed by atoms with Crippen LogP contribution in [0.4, 0.5) is 5.82 Å². The van der Waals surface area contributed by atoms with E-state index in [0.29, 0.717) is 16.9 Å². The van der Waals surface area contributed by atoms with Crippen LogP contribution in [-0.4, -0.2) is 30.0 Å². The van der Waals surface area contributed by atoms with Crippen LogP contribution in [0.2, 0.25) is 0 Å². The molecule has 4 rings (SSSR count). The van der Waals surface area contributed by atoms with Gasteiger partial charge in [0, 0.05) is 36.5 Å². The quantitative estimate of drug-likeness (QED) is 0.664. The summed E-state index contributed by atoms with van der Waals surface area (Å²) in [6.07, 6.45) is 3.56. The van der Waals surface area contributed by atoms with Gasteiger partial charge in [-0.2, -0.15) is 5.26 Å². The normalized spacial score (nSPS) is 14.0. The van der Waals surface area contributed by atoms with Crippen molar-refractivity contribution in [2.45, 2.75) is 25.5 Å². The van der Waals surface area contributed by atoms with E-state index in [4.69, 9.17) is 4.74 Å². The van der Waals surface area contributed by atoms with E-state index in [1.54, 1.807) is 24.4 Å². The Morgan fingerprint density at radius 2 is 1.90 bits per heavy atom. The maximum atomic E-state index is 12.8. The minimum atomic E-state index is -0.0980. The molecule has 1 saturated heterocycles. The topological polar surface area (TPSA) is 78.2 Å². The van der Waals surface area contributed by atoms with E-state index in [1.165, 1.54) is 0 Å². The number of pyridine rings is 1. The average Bonchev–Trinajstić information content (AvgIpc) is 2.84. The van der Waals surface area contributed by atoms with Gasteiger partial charge < -0.3 is 15.0 Å². The highest BCUT2D eigenvalue weighted by Crippen LogP contribution is 2.19. The molecule has 31 heavy (non-hydrogen) atoms. The fourth-order valence-electron chi connectivity index (χ4n) is 3.71. The predicted molar refractivity (Wildman–Crippen MR) is 119 cm³/mol. The number of nitrogens with one attached hydrogen (secondary N) is 1. The molecule has 0 saturated carbocycles. The predicted octanol–water partition coefficient (Wildman–Crippen LogP) is 3.93. The second-order valence-electron chi connectivity index (χ2n) is 7.51. The lowest BCUT2D eigenvalue weighted by Crippen LogP contribution is -2.44. The first kappa shape index (κ1) is 20.4. The molecule has 0 radical (unpaired) electrons. The fourth-order valence-corrected chi connectivity index (χ4v) is 3.71. The van der Waals surface area contributed by atoms with E-state index < -0.39 is 0 Å². The first-order valence-electron chi connectivity index (χ1n) is 10.4. The Hall–Kier alpha value is -3.85. The molecule has 156 valence electrons. The molecule has 0 spiro atoms.